The van der Waals surface area contributed by atoms with Crippen LogP contribution in [-0.2, 0) is 0 Å². The number of nitrogens with zero attached hydrogens (tertiary/aromatic N) is 1. The van der Waals surface area contributed by atoms with Gasteiger partial charge in [-0.2, -0.15) is 0 Å². The highest BCUT2D eigenvalue weighted by Gasteiger charge is 2.38. The van der Waals surface area contributed by atoms with Crippen LogP contribution in [0.3, 0.4) is 0 Å². The Morgan fingerprint density at radius 1 is 1.29 bits per heavy atom. The Labute approximate surface area is 107 Å². The predicted octanol–water partition coefficient (Wildman–Crippen LogP) is 2.74. The van der Waals surface area contributed by atoms with Crippen LogP contribution >= 0.6 is 0 Å². The summed E-state index contributed by atoms with van der Waals surface area (Å²) < 4.78 is 0. The number of rotatable bonds is 3. The Hall–Kier alpha value is -0.0800. The molecular weight excluding hydrogens is 208 g/mol. The minimum absolute atomic E-state index is 0.559. The minimum Gasteiger partial charge on any atom is -0.316 e. The molecule has 0 aromatic carbocycles. The third kappa shape index (κ3) is 3.45. The van der Waals surface area contributed by atoms with Crippen molar-refractivity contribution >= 4 is 0 Å². The van der Waals surface area contributed by atoms with Crippen LogP contribution in [0.4, 0.5) is 0 Å². The molecule has 1 saturated heterocycles. The highest BCUT2D eigenvalue weighted by molar-refractivity contribution is 4.92. The van der Waals surface area contributed by atoms with Gasteiger partial charge in [-0.3, -0.25) is 0 Å². The first kappa shape index (κ1) is 13.4. The van der Waals surface area contributed by atoms with E-state index in [0.29, 0.717) is 5.41 Å². The molecule has 2 rings (SSSR count). The van der Waals surface area contributed by atoms with E-state index in [-0.39, 0.29) is 0 Å². The van der Waals surface area contributed by atoms with Gasteiger partial charge in [-0.05, 0) is 63.1 Å². The summed E-state index contributed by atoms with van der Waals surface area (Å²) in [5.41, 5.74) is 0.559. The second kappa shape index (κ2) is 5.27. The molecule has 1 saturated carbocycles. The van der Waals surface area contributed by atoms with Gasteiger partial charge in [0.1, 0.15) is 0 Å². The molecule has 0 bridgehead atoms. The summed E-state index contributed by atoms with van der Waals surface area (Å²) in [4.78, 5) is 2.65. The van der Waals surface area contributed by atoms with Crippen LogP contribution in [0.2, 0.25) is 0 Å². The SMILES string of the molecule is CC1CC(C)(C)CC1N(C)CC1CCCNC1. The van der Waals surface area contributed by atoms with Crippen molar-refractivity contribution in [3.05, 3.63) is 0 Å². The topological polar surface area (TPSA) is 15.3 Å². The van der Waals surface area contributed by atoms with Crippen molar-refractivity contribution in [1.29, 1.82) is 0 Å². The van der Waals surface area contributed by atoms with Crippen molar-refractivity contribution in [3.8, 4) is 0 Å². The van der Waals surface area contributed by atoms with Crippen LogP contribution in [0, 0.1) is 17.3 Å². The maximum atomic E-state index is 3.53. The van der Waals surface area contributed by atoms with Crippen LogP contribution in [-0.4, -0.2) is 37.6 Å². The Bertz CT molecular complexity index is 243. The molecule has 3 atom stereocenters. The molecule has 0 amide bonds. The van der Waals surface area contributed by atoms with E-state index in [2.05, 4.69) is 38.0 Å². The van der Waals surface area contributed by atoms with Crippen molar-refractivity contribution in [1.82, 2.24) is 10.2 Å². The van der Waals surface area contributed by atoms with E-state index >= 15 is 0 Å². The Kier molecular flexibility index (Phi) is 4.14. The maximum absolute atomic E-state index is 3.53. The van der Waals surface area contributed by atoms with E-state index in [0.717, 1.165) is 17.9 Å². The lowest BCUT2D eigenvalue weighted by Crippen LogP contribution is -2.42. The summed E-state index contributed by atoms with van der Waals surface area (Å²) in [6.45, 7) is 11.0. The molecule has 1 heterocycles. The number of hydrogen-bond acceptors (Lipinski definition) is 2. The summed E-state index contributed by atoms with van der Waals surface area (Å²) >= 11 is 0. The average molecular weight is 238 g/mol. The first-order valence-corrected chi connectivity index (χ1v) is 7.39. The van der Waals surface area contributed by atoms with Crippen molar-refractivity contribution in [2.24, 2.45) is 17.3 Å². The third-order valence-electron chi connectivity index (χ3n) is 4.80. The molecule has 2 fully saturated rings. The molecule has 0 radical (unpaired) electrons. The van der Waals surface area contributed by atoms with Gasteiger partial charge in [0.05, 0.1) is 0 Å². The van der Waals surface area contributed by atoms with Crippen molar-refractivity contribution in [3.63, 3.8) is 0 Å². The predicted molar refractivity (Wildman–Crippen MR) is 74.2 cm³/mol. The van der Waals surface area contributed by atoms with Gasteiger partial charge in [0, 0.05) is 12.6 Å². The molecule has 2 aliphatic rings. The smallest absolute Gasteiger partial charge is 0.0123 e. The number of hydrogen-bond donors (Lipinski definition) is 1. The quantitative estimate of drug-likeness (QED) is 0.813. The average Bonchev–Trinajstić information content (AvgIpc) is 2.54. The van der Waals surface area contributed by atoms with Crippen LogP contribution in [0.1, 0.15) is 46.5 Å². The van der Waals surface area contributed by atoms with Crippen molar-refractivity contribution in [2.75, 3.05) is 26.7 Å². The van der Waals surface area contributed by atoms with E-state index in [9.17, 15) is 0 Å². The molecule has 1 aliphatic heterocycles. The molecule has 2 nitrogen and oxygen atoms in total. The van der Waals surface area contributed by atoms with Gasteiger partial charge in [0.2, 0.25) is 0 Å². The molecule has 3 unspecified atom stereocenters. The largest absolute Gasteiger partial charge is 0.316 e. The summed E-state index contributed by atoms with van der Waals surface area (Å²) in [6, 6.07) is 0.812. The normalized spacial score (nSPS) is 37.6. The fraction of sp³-hybridized carbons (Fsp3) is 1.00. The van der Waals surface area contributed by atoms with Gasteiger partial charge < -0.3 is 10.2 Å². The molecule has 2 heteroatoms. The standard InChI is InChI=1S/C15H30N2/c1-12-8-15(2,3)9-14(12)17(4)11-13-6-5-7-16-10-13/h12-14,16H,5-11H2,1-4H3. The Morgan fingerprint density at radius 2 is 2.06 bits per heavy atom. The van der Waals surface area contributed by atoms with E-state index in [1.54, 1.807) is 0 Å². The van der Waals surface area contributed by atoms with E-state index in [1.165, 1.54) is 45.3 Å². The lowest BCUT2D eigenvalue weighted by molar-refractivity contribution is 0.160. The Balaban J connectivity index is 1.85. The zero-order valence-corrected chi connectivity index (χ0v) is 12.1. The minimum atomic E-state index is 0.559. The van der Waals surface area contributed by atoms with Gasteiger partial charge in [0.25, 0.3) is 0 Å². The maximum Gasteiger partial charge on any atom is 0.0123 e. The molecule has 0 aromatic heterocycles. The summed E-state index contributed by atoms with van der Waals surface area (Å²) in [5.74, 6) is 1.75. The molecule has 0 spiro atoms. The molecule has 17 heavy (non-hydrogen) atoms. The van der Waals surface area contributed by atoms with Gasteiger partial charge >= 0.3 is 0 Å². The number of nitrogens with one attached hydrogen (secondary N) is 1. The highest BCUT2D eigenvalue weighted by atomic mass is 15.1. The lowest BCUT2D eigenvalue weighted by atomic mass is 9.91. The van der Waals surface area contributed by atoms with E-state index in [1.807, 2.05) is 0 Å². The fourth-order valence-electron chi connectivity index (χ4n) is 4.07. The molecule has 1 aliphatic carbocycles. The van der Waals surface area contributed by atoms with Crippen LogP contribution < -0.4 is 5.32 Å². The zero-order chi connectivity index (χ0) is 12.5. The summed E-state index contributed by atoms with van der Waals surface area (Å²) in [7, 11) is 2.34. The third-order valence-corrected chi connectivity index (χ3v) is 4.80. The molecule has 1 N–H and O–H groups in total. The van der Waals surface area contributed by atoms with E-state index < -0.39 is 0 Å². The first-order valence-electron chi connectivity index (χ1n) is 7.39. The lowest BCUT2D eigenvalue weighted by Gasteiger charge is -2.33. The highest BCUT2D eigenvalue weighted by Crippen LogP contribution is 2.43. The second-order valence-electron chi connectivity index (χ2n) is 7.27. The monoisotopic (exact) mass is 238 g/mol. The van der Waals surface area contributed by atoms with Gasteiger partial charge in [0.15, 0.2) is 0 Å². The zero-order valence-electron chi connectivity index (χ0n) is 12.1. The van der Waals surface area contributed by atoms with Gasteiger partial charge in [-0.1, -0.05) is 20.8 Å². The second-order valence-corrected chi connectivity index (χ2v) is 7.27. The first-order chi connectivity index (χ1) is 7.98. The molecule has 0 aromatic rings. The summed E-state index contributed by atoms with van der Waals surface area (Å²) in [6.07, 6.45) is 5.56. The molecule has 100 valence electrons. The Morgan fingerprint density at radius 3 is 2.59 bits per heavy atom. The van der Waals surface area contributed by atoms with Crippen LogP contribution in [0.5, 0.6) is 0 Å². The number of piperidine rings is 1. The van der Waals surface area contributed by atoms with Gasteiger partial charge in [-0.25, -0.2) is 0 Å². The summed E-state index contributed by atoms with van der Waals surface area (Å²) in [5, 5.41) is 3.53. The van der Waals surface area contributed by atoms with Crippen molar-refractivity contribution in [2.45, 2.75) is 52.5 Å². The van der Waals surface area contributed by atoms with Crippen LogP contribution in [0.15, 0.2) is 0 Å². The fourth-order valence-corrected chi connectivity index (χ4v) is 4.07. The molecular formula is C15H30N2. The van der Waals surface area contributed by atoms with Crippen molar-refractivity contribution < 1.29 is 0 Å². The van der Waals surface area contributed by atoms with E-state index in [4.69, 9.17) is 0 Å². The van der Waals surface area contributed by atoms with Gasteiger partial charge in [-0.15, -0.1) is 0 Å². The van der Waals surface area contributed by atoms with Crippen LogP contribution in [0.25, 0.3) is 0 Å².